The first-order valence-electron chi connectivity index (χ1n) is 13.9. The van der Waals surface area contributed by atoms with E-state index in [4.69, 9.17) is 4.74 Å². The Kier molecular flexibility index (Phi) is 6.88. The Morgan fingerprint density at radius 3 is 2.36 bits per heavy atom. The van der Waals surface area contributed by atoms with Crippen molar-refractivity contribution in [2.24, 2.45) is 5.41 Å². The van der Waals surface area contributed by atoms with Crippen molar-refractivity contribution in [2.45, 2.75) is 59.9 Å². The van der Waals surface area contributed by atoms with Gasteiger partial charge in [-0.25, -0.2) is 0 Å². The fraction of sp³-hybridized carbons (Fsp3) is 0.371. The molecule has 5 rings (SSSR count). The number of anilines is 2. The molecule has 3 aromatic carbocycles. The molecule has 204 valence electrons. The number of aliphatic hydroxyl groups excluding tert-OH is 1. The van der Waals surface area contributed by atoms with E-state index in [9.17, 15) is 5.11 Å². The summed E-state index contributed by atoms with van der Waals surface area (Å²) < 4.78 is 5.57. The molecule has 0 bridgehead atoms. The summed E-state index contributed by atoms with van der Waals surface area (Å²) in [5.74, 6) is 0.229. The van der Waals surface area contributed by atoms with Crippen LogP contribution in [-0.4, -0.2) is 36.8 Å². The monoisotopic (exact) mass is 522 g/mol. The Bertz CT molecular complexity index is 1510. The van der Waals surface area contributed by atoms with Crippen LogP contribution in [0.4, 0.5) is 11.4 Å². The molecule has 2 atom stereocenters. The number of allylic oxidation sites excluding steroid dienone is 2. The van der Waals surface area contributed by atoms with Crippen LogP contribution in [0.1, 0.15) is 62.3 Å². The average molecular weight is 523 g/mol. The maximum atomic E-state index is 11.0. The molecule has 0 aliphatic carbocycles. The summed E-state index contributed by atoms with van der Waals surface area (Å²) in [6.45, 7) is 18.0. The maximum absolute atomic E-state index is 11.0. The van der Waals surface area contributed by atoms with Gasteiger partial charge in [-0.3, -0.25) is 0 Å². The first-order valence-corrected chi connectivity index (χ1v) is 13.9. The van der Waals surface area contributed by atoms with Crippen LogP contribution >= 0.6 is 0 Å². The van der Waals surface area contributed by atoms with Crippen LogP contribution in [0.5, 0.6) is 0 Å². The summed E-state index contributed by atoms with van der Waals surface area (Å²) in [7, 11) is 3.85. The molecule has 0 amide bonds. The van der Waals surface area contributed by atoms with E-state index >= 15 is 0 Å². The van der Waals surface area contributed by atoms with Crippen molar-refractivity contribution in [1.82, 2.24) is 4.90 Å². The minimum atomic E-state index is -0.243. The zero-order valence-electron chi connectivity index (χ0n) is 24.7. The second kappa shape index (κ2) is 9.91. The van der Waals surface area contributed by atoms with Crippen LogP contribution in [-0.2, 0) is 4.74 Å². The van der Waals surface area contributed by atoms with E-state index in [1.807, 2.05) is 0 Å². The molecule has 2 heterocycles. The highest BCUT2D eigenvalue weighted by molar-refractivity contribution is 6.08. The SMILES string of the molecule is C=C(O)C1C(CCOC)c2cc3c(C)cc(C)cc3c3c2C(=C(C)/C(=C\C(C)(C)C)N3c2ccccc2)N1C. The van der Waals surface area contributed by atoms with Gasteiger partial charge in [-0.05, 0) is 79.0 Å². The molecule has 0 aromatic heterocycles. The minimum Gasteiger partial charge on any atom is -0.511 e. The van der Waals surface area contributed by atoms with Gasteiger partial charge in [-0.15, -0.1) is 0 Å². The highest BCUT2D eigenvalue weighted by Gasteiger charge is 2.44. The third kappa shape index (κ3) is 4.55. The summed E-state index contributed by atoms with van der Waals surface area (Å²) in [6.07, 6.45) is 3.18. The predicted molar refractivity (Wildman–Crippen MR) is 165 cm³/mol. The van der Waals surface area contributed by atoms with Crippen LogP contribution in [0, 0.1) is 19.3 Å². The molecular weight excluding hydrogens is 480 g/mol. The lowest BCUT2D eigenvalue weighted by atomic mass is 9.74. The van der Waals surface area contributed by atoms with Gasteiger partial charge >= 0.3 is 0 Å². The third-order valence-electron chi connectivity index (χ3n) is 8.16. The molecule has 4 heteroatoms. The molecule has 3 aromatic rings. The van der Waals surface area contributed by atoms with Crippen molar-refractivity contribution in [1.29, 1.82) is 0 Å². The number of methoxy groups -OCH3 is 1. The van der Waals surface area contributed by atoms with Crippen molar-refractivity contribution >= 4 is 27.8 Å². The molecule has 0 spiro atoms. The van der Waals surface area contributed by atoms with Gasteiger partial charge in [0.1, 0.15) is 5.76 Å². The number of hydrogen-bond donors (Lipinski definition) is 1. The number of hydrogen-bond acceptors (Lipinski definition) is 4. The van der Waals surface area contributed by atoms with Gasteiger partial charge in [-0.1, -0.05) is 63.3 Å². The summed E-state index contributed by atoms with van der Waals surface area (Å²) in [5, 5.41) is 13.5. The standard InChI is InChI=1S/C35H42N2O2/c1-21-17-22(2)27-19-28-26(15-16-39-9)33(24(4)38)36(8)32-23(3)30(20-35(5,6)7)37(25-13-11-10-12-14-25)34(31(28)32)29(27)18-21/h10-14,17-20,26,33,38H,4,15-16H2,1-3,5-9H3/b30-20+. The van der Waals surface area contributed by atoms with Crippen LogP contribution in [0.15, 0.2) is 78.2 Å². The van der Waals surface area contributed by atoms with E-state index in [-0.39, 0.29) is 23.1 Å². The highest BCUT2D eigenvalue weighted by atomic mass is 16.5. The van der Waals surface area contributed by atoms with E-state index in [0.29, 0.717) is 6.61 Å². The van der Waals surface area contributed by atoms with Gasteiger partial charge in [-0.2, -0.15) is 0 Å². The maximum Gasteiger partial charge on any atom is 0.108 e. The molecule has 39 heavy (non-hydrogen) atoms. The van der Waals surface area contributed by atoms with Crippen molar-refractivity contribution < 1.29 is 9.84 Å². The third-order valence-corrected chi connectivity index (χ3v) is 8.16. The molecule has 0 radical (unpaired) electrons. The van der Waals surface area contributed by atoms with E-state index in [2.05, 4.69) is 120 Å². The van der Waals surface area contributed by atoms with Crippen molar-refractivity contribution in [3.8, 4) is 0 Å². The molecule has 2 unspecified atom stereocenters. The van der Waals surface area contributed by atoms with E-state index in [0.717, 1.165) is 17.8 Å². The quantitative estimate of drug-likeness (QED) is 0.340. The number of rotatable bonds is 5. The zero-order chi connectivity index (χ0) is 28.2. The fourth-order valence-corrected chi connectivity index (χ4v) is 6.70. The van der Waals surface area contributed by atoms with Crippen molar-refractivity contribution in [2.75, 3.05) is 25.7 Å². The molecule has 2 aliphatic rings. The molecule has 0 saturated heterocycles. The van der Waals surface area contributed by atoms with E-state index in [1.54, 1.807) is 7.11 Å². The second-order valence-electron chi connectivity index (χ2n) is 12.3. The molecule has 0 saturated carbocycles. The normalized spacial score (nSPS) is 20.2. The van der Waals surface area contributed by atoms with Crippen LogP contribution in [0.2, 0.25) is 0 Å². The van der Waals surface area contributed by atoms with Gasteiger partial charge < -0.3 is 19.6 Å². The number of para-hydroxylation sites is 1. The summed E-state index contributed by atoms with van der Waals surface area (Å²) in [6, 6.07) is 17.5. The Hall–Kier alpha value is -3.50. The lowest BCUT2D eigenvalue weighted by Gasteiger charge is -2.49. The highest BCUT2D eigenvalue weighted by Crippen LogP contribution is 2.56. The number of ether oxygens (including phenoxy) is 1. The fourth-order valence-electron chi connectivity index (χ4n) is 6.70. The first-order chi connectivity index (χ1) is 18.4. The van der Waals surface area contributed by atoms with Crippen LogP contribution < -0.4 is 4.90 Å². The largest absolute Gasteiger partial charge is 0.511 e. The number of benzene rings is 3. The topological polar surface area (TPSA) is 35.9 Å². The molecule has 1 N–H and O–H groups in total. The van der Waals surface area contributed by atoms with Gasteiger partial charge in [0.05, 0.1) is 17.4 Å². The Balaban J connectivity index is 2.01. The minimum absolute atomic E-state index is 0.0358. The first kappa shape index (κ1) is 27.1. The molecule has 0 fully saturated rings. The summed E-state index contributed by atoms with van der Waals surface area (Å²) >= 11 is 0. The van der Waals surface area contributed by atoms with E-state index < -0.39 is 0 Å². The Morgan fingerprint density at radius 2 is 1.74 bits per heavy atom. The summed E-state index contributed by atoms with van der Waals surface area (Å²) in [5.41, 5.74) is 10.9. The number of aliphatic hydroxyl groups is 1. The van der Waals surface area contributed by atoms with Crippen molar-refractivity contribution in [3.05, 3.63) is 100 Å². The zero-order valence-corrected chi connectivity index (χ0v) is 24.7. The van der Waals surface area contributed by atoms with Crippen LogP contribution in [0.3, 0.4) is 0 Å². The van der Waals surface area contributed by atoms with Gasteiger partial charge in [0.25, 0.3) is 0 Å². The second-order valence-corrected chi connectivity index (χ2v) is 12.3. The number of likely N-dealkylation sites (N-methyl/N-ethyl adjacent to an activating group) is 1. The van der Waals surface area contributed by atoms with Crippen LogP contribution in [0.25, 0.3) is 16.5 Å². The van der Waals surface area contributed by atoms with E-state index in [1.165, 1.54) is 50.0 Å². The van der Waals surface area contributed by atoms with Crippen molar-refractivity contribution in [3.63, 3.8) is 0 Å². The number of nitrogens with zero attached hydrogens (tertiary/aromatic N) is 2. The number of fused-ring (bicyclic) bond motifs is 2. The molecular formula is C35H42N2O2. The Labute approximate surface area is 233 Å². The predicted octanol–water partition coefficient (Wildman–Crippen LogP) is 8.78. The Morgan fingerprint density at radius 1 is 1.05 bits per heavy atom. The molecule has 4 nitrogen and oxygen atoms in total. The lowest BCUT2D eigenvalue weighted by molar-refractivity contribution is 0.162. The van der Waals surface area contributed by atoms with Gasteiger partial charge in [0.2, 0.25) is 0 Å². The lowest BCUT2D eigenvalue weighted by Crippen LogP contribution is -2.44. The van der Waals surface area contributed by atoms with Gasteiger partial charge in [0.15, 0.2) is 0 Å². The molecule has 2 aliphatic heterocycles. The smallest absolute Gasteiger partial charge is 0.108 e. The number of aryl methyl sites for hydroxylation is 2. The van der Waals surface area contributed by atoms with Gasteiger partial charge in [0, 0.05) is 49.0 Å². The summed E-state index contributed by atoms with van der Waals surface area (Å²) in [4.78, 5) is 4.73. The average Bonchev–Trinajstić information content (AvgIpc) is 2.86.